The number of amides is 1. The molecule has 0 aromatic heterocycles. The van der Waals surface area contributed by atoms with Gasteiger partial charge >= 0.3 is 12.1 Å². The fourth-order valence-electron chi connectivity index (χ4n) is 4.90. The highest BCUT2D eigenvalue weighted by Crippen LogP contribution is 2.44. The molecule has 7 heteroatoms. The highest BCUT2D eigenvalue weighted by molar-refractivity contribution is 6.74. The van der Waals surface area contributed by atoms with E-state index in [2.05, 4.69) is 77.3 Å². The molecule has 0 saturated heterocycles. The molecule has 1 amide bonds. The van der Waals surface area contributed by atoms with Crippen molar-refractivity contribution >= 4 is 20.4 Å². The molecule has 3 unspecified atom stereocenters. The number of carboxylic acid groups (broad SMARTS) is 1. The van der Waals surface area contributed by atoms with Crippen LogP contribution in [-0.4, -0.2) is 44.2 Å². The molecule has 0 fully saturated rings. The molecular formula is C31H45NO5Si. The number of ether oxygens (including phenoxy) is 1. The summed E-state index contributed by atoms with van der Waals surface area (Å²) in [7, 11) is -2.24. The van der Waals surface area contributed by atoms with Gasteiger partial charge in [-0.3, -0.25) is 4.79 Å². The average molecular weight is 540 g/mol. The second-order valence-corrected chi connectivity index (χ2v) is 17.4. The number of benzene rings is 2. The van der Waals surface area contributed by atoms with Crippen molar-refractivity contribution in [1.29, 1.82) is 0 Å². The second kappa shape index (κ2) is 12.0. The molecule has 3 atom stereocenters. The number of aliphatic carboxylic acids is 1. The van der Waals surface area contributed by atoms with Crippen molar-refractivity contribution in [2.24, 2.45) is 11.8 Å². The Labute approximate surface area is 229 Å². The monoisotopic (exact) mass is 539 g/mol. The van der Waals surface area contributed by atoms with E-state index in [9.17, 15) is 14.7 Å². The molecule has 6 nitrogen and oxygen atoms in total. The molecule has 208 valence electrons. The molecule has 0 spiro atoms. The second-order valence-electron chi connectivity index (χ2n) is 12.6. The van der Waals surface area contributed by atoms with Gasteiger partial charge in [-0.2, -0.15) is 0 Å². The molecule has 1 aliphatic rings. The lowest BCUT2D eigenvalue weighted by Gasteiger charge is -2.42. The van der Waals surface area contributed by atoms with Crippen LogP contribution in [0, 0.1) is 11.8 Å². The number of carboxylic acids is 1. The van der Waals surface area contributed by atoms with Crippen LogP contribution >= 0.6 is 0 Å². The lowest BCUT2D eigenvalue weighted by Crippen LogP contribution is -2.53. The zero-order valence-corrected chi connectivity index (χ0v) is 25.2. The standard InChI is InChI=1S/C31H45NO5Si/c1-20(2)17-27(28(18-21(3)29(33)34)37-38(7,8)31(4,5)6)32-30(35)36-19-26-24-15-11-9-13-22(24)23-14-10-12-16-25(23)26/h9-16,20-21,26-28H,17-19H2,1-8H3,(H,32,35)(H,33,34). The van der Waals surface area contributed by atoms with Gasteiger partial charge in [0.15, 0.2) is 8.32 Å². The van der Waals surface area contributed by atoms with Crippen LogP contribution in [0.15, 0.2) is 48.5 Å². The van der Waals surface area contributed by atoms with E-state index in [0.29, 0.717) is 12.8 Å². The SMILES string of the molecule is CC(C)CC(NC(=O)OCC1c2ccccc2-c2ccccc21)C(CC(C)C(=O)O)O[Si](C)(C)C(C)(C)C. The third-order valence-corrected chi connectivity index (χ3v) is 12.6. The van der Waals surface area contributed by atoms with E-state index in [-0.39, 0.29) is 29.5 Å². The minimum atomic E-state index is -2.24. The minimum Gasteiger partial charge on any atom is -0.481 e. The average Bonchev–Trinajstić information content (AvgIpc) is 3.14. The molecule has 38 heavy (non-hydrogen) atoms. The summed E-state index contributed by atoms with van der Waals surface area (Å²) in [6, 6.07) is 16.1. The molecule has 1 aliphatic carbocycles. The van der Waals surface area contributed by atoms with Crippen molar-refractivity contribution in [1.82, 2.24) is 5.32 Å². The summed E-state index contributed by atoms with van der Waals surface area (Å²) in [6.07, 6.45) is 0.0628. The fraction of sp³-hybridized carbons (Fsp3) is 0.548. The Balaban J connectivity index is 1.79. The normalized spacial score (nSPS) is 15.9. The van der Waals surface area contributed by atoms with Crippen LogP contribution in [0.3, 0.4) is 0 Å². The van der Waals surface area contributed by atoms with Crippen molar-refractivity contribution < 1.29 is 23.9 Å². The summed E-state index contributed by atoms with van der Waals surface area (Å²) in [4.78, 5) is 25.0. The maximum atomic E-state index is 13.2. The summed E-state index contributed by atoms with van der Waals surface area (Å²) in [5, 5.41) is 12.7. The zero-order valence-electron chi connectivity index (χ0n) is 24.2. The van der Waals surface area contributed by atoms with Gasteiger partial charge in [0, 0.05) is 5.92 Å². The van der Waals surface area contributed by atoms with Crippen LogP contribution in [0.4, 0.5) is 4.79 Å². The molecule has 3 rings (SSSR count). The fourth-order valence-corrected chi connectivity index (χ4v) is 6.27. The van der Waals surface area contributed by atoms with Crippen LogP contribution in [-0.2, 0) is 14.0 Å². The topological polar surface area (TPSA) is 84.9 Å². The third kappa shape index (κ3) is 7.06. The van der Waals surface area contributed by atoms with Crippen LogP contribution in [0.5, 0.6) is 0 Å². The van der Waals surface area contributed by atoms with Gasteiger partial charge in [0.25, 0.3) is 0 Å². The predicted molar refractivity (Wildman–Crippen MR) is 155 cm³/mol. The number of alkyl carbamates (subject to hydrolysis) is 1. The highest BCUT2D eigenvalue weighted by atomic mass is 28.4. The number of carbonyl (C=O) groups is 2. The number of nitrogens with one attached hydrogen (secondary N) is 1. The molecule has 2 aromatic carbocycles. The van der Waals surface area contributed by atoms with Crippen molar-refractivity contribution in [2.75, 3.05) is 6.61 Å². The highest BCUT2D eigenvalue weighted by Gasteiger charge is 2.42. The Hall–Kier alpha value is -2.64. The lowest BCUT2D eigenvalue weighted by molar-refractivity contribution is -0.142. The van der Waals surface area contributed by atoms with Crippen molar-refractivity contribution in [3.8, 4) is 11.1 Å². The first-order valence-corrected chi connectivity index (χ1v) is 16.6. The largest absolute Gasteiger partial charge is 0.481 e. The quantitative estimate of drug-likeness (QED) is 0.290. The summed E-state index contributed by atoms with van der Waals surface area (Å²) < 4.78 is 12.6. The summed E-state index contributed by atoms with van der Waals surface area (Å²) in [5.41, 5.74) is 4.69. The van der Waals surface area contributed by atoms with Crippen molar-refractivity contribution in [2.45, 2.75) is 90.6 Å². The Morgan fingerprint density at radius 1 is 0.947 bits per heavy atom. The molecule has 2 N–H and O–H groups in total. The first-order chi connectivity index (χ1) is 17.7. The van der Waals surface area contributed by atoms with Gasteiger partial charge in [-0.25, -0.2) is 4.79 Å². The molecule has 2 aromatic rings. The molecule has 0 aliphatic heterocycles. The number of fused-ring (bicyclic) bond motifs is 3. The van der Waals surface area contributed by atoms with E-state index in [4.69, 9.17) is 9.16 Å². The van der Waals surface area contributed by atoms with Crippen molar-refractivity contribution in [3.05, 3.63) is 59.7 Å². The van der Waals surface area contributed by atoms with E-state index in [1.807, 2.05) is 24.3 Å². The van der Waals surface area contributed by atoms with Crippen molar-refractivity contribution in [3.63, 3.8) is 0 Å². The van der Waals surface area contributed by atoms with Gasteiger partial charge < -0.3 is 19.6 Å². The van der Waals surface area contributed by atoms with E-state index in [0.717, 1.165) is 11.1 Å². The van der Waals surface area contributed by atoms with Gasteiger partial charge in [0.1, 0.15) is 6.61 Å². The smallest absolute Gasteiger partial charge is 0.407 e. The number of carbonyl (C=O) groups excluding carboxylic acids is 1. The van der Waals surface area contributed by atoms with Gasteiger partial charge in [-0.15, -0.1) is 0 Å². The summed E-state index contributed by atoms with van der Waals surface area (Å²) in [6.45, 7) is 16.9. The van der Waals surface area contributed by atoms with Gasteiger partial charge in [-0.1, -0.05) is 90.1 Å². The number of rotatable bonds is 11. The van der Waals surface area contributed by atoms with E-state index in [1.165, 1.54) is 11.1 Å². The van der Waals surface area contributed by atoms with E-state index < -0.39 is 32.4 Å². The molecule has 0 heterocycles. The maximum absolute atomic E-state index is 13.2. The number of hydrogen-bond acceptors (Lipinski definition) is 4. The Morgan fingerprint density at radius 2 is 1.47 bits per heavy atom. The third-order valence-electron chi connectivity index (χ3n) is 8.08. The van der Waals surface area contributed by atoms with Crippen LogP contribution < -0.4 is 5.32 Å². The number of hydrogen-bond donors (Lipinski definition) is 2. The van der Waals surface area contributed by atoms with E-state index in [1.54, 1.807) is 6.92 Å². The van der Waals surface area contributed by atoms with Crippen LogP contribution in [0.2, 0.25) is 18.1 Å². The molecule has 0 saturated carbocycles. The first kappa shape index (κ1) is 29.9. The predicted octanol–water partition coefficient (Wildman–Crippen LogP) is 7.44. The Morgan fingerprint density at radius 3 is 1.95 bits per heavy atom. The Bertz CT molecular complexity index is 1080. The maximum Gasteiger partial charge on any atom is 0.407 e. The molecule has 0 bridgehead atoms. The van der Waals surface area contributed by atoms with Gasteiger partial charge in [0.2, 0.25) is 0 Å². The summed E-state index contributed by atoms with van der Waals surface area (Å²) in [5.74, 6) is -1.20. The van der Waals surface area contributed by atoms with Gasteiger partial charge in [-0.05, 0) is 59.1 Å². The van der Waals surface area contributed by atoms with Gasteiger partial charge in [0.05, 0.1) is 18.1 Å². The molecular weight excluding hydrogens is 494 g/mol. The van der Waals surface area contributed by atoms with Crippen LogP contribution in [0.25, 0.3) is 11.1 Å². The summed E-state index contributed by atoms with van der Waals surface area (Å²) >= 11 is 0. The van der Waals surface area contributed by atoms with Crippen LogP contribution in [0.1, 0.15) is 71.4 Å². The first-order valence-electron chi connectivity index (χ1n) is 13.7. The Kier molecular flexibility index (Phi) is 9.47. The minimum absolute atomic E-state index is 0.0250. The van der Waals surface area contributed by atoms with E-state index >= 15 is 0 Å². The zero-order chi connectivity index (χ0) is 28.3. The lowest BCUT2D eigenvalue weighted by atomic mass is 9.93. The molecule has 0 radical (unpaired) electrons.